The van der Waals surface area contributed by atoms with Crippen LogP contribution in [0.5, 0.6) is 0 Å². The average molecular weight is 330 g/mol. The molecule has 0 N–H and O–H groups in total. The minimum atomic E-state index is -0.432. The Bertz CT molecular complexity index is 670. The number of hydrogen-bond acceptors (Lipinski definition) is 6. The van der Waals surface area contributed by atoms with Gasteiger partial charge in [-0.15, -0.1) is 0 Å². The molecule has 0 unspecified atom stereocenters. The first-order valence-electron chi connectivity index (χ1n) is 8.17. The van der Waals surface area contributed by atoms with Gasteiger partial charge in [0.05, 0.1) is 31.6 Å². The van der Waals surface area contributed by atoms with Crippen LogP contribution in [-0.2, 0) is 16.1 Å². The van der Waals surface area contributed by atoms with Crippen molar-refractivity contribution in [3.05, 3.63) is 48.3 Å². The van der Waals surface area contributed by atoms with Crippen LogP contribution in [0, 0.1) is 5.82 Å². The Kier molecular flexibility index (Phi) is 4.36. The standard InChI is InChI=1S/C17H19FN4O2/c18-13-8-20-17(21-9-13)22-10-15(16-14(22)4-2-6-23-16)24-11-12-3-1-5-19-7-12/h1,3,5,7-9,14-16H,2,4,6,10-11H2/t14-,15-,16+/m1/s1. The molecule has 2 fully saturated rings. The number of nitrogens with zero attached hydrogens (tertiary/aromatic N) is 4. The molecular weight excluding hydrogens is 311 g/mol. The van der Waals surface area contributed by atoms with E-state index in [4.69, 9.17) is 9.47 Å². The van der Waals surface area contributed by atoms with Gasteiger partial charge in [0.1, 0.15) is 12.2 Å². The third-order valence-corrected chi connectivity index (χ3v) is 4.53. The first kappa shape index (κ1) is 15.4. The minimum Gasteiger partial charge on any atom is -0.373 e. The van der Waals surface area contributed by atoms with Crippen molar-refractivity contribution in [3.8, 4) is 0 Å². The zero-order valence-corrected chi connectivity index (χ0v) is 13.2. The van der Waals surface area contributed by atoms with Crippen LogP contribution in [-0.4, -0.2) is 46.4 Å². The van der Waals surface area contributed by atoms with Gasteiger partial charge in [-0.2, -0.15) is 0 Å². The van der Waals surface area contributed by atoms with E-state index in [1.807, 2.05) is 12.1 Å². The highest BCUT2D eigenvalue weighted by Gasteiger charge is 2.45. The van der Waals surface area contributed by atoms with E-state index in [9.17, 15) is 4.39 Å². The van der Waals surface area contributed by atoms with Crippen LogP contribution in [0.1, 0.15) is 18.4 Å². The Hall–Kier alpha value is -2.12. The Morgan fingerprint density at radius 2 is 2.17 bits per heavy atom. The van der Waals surface area contributed by atoms with Crippen molar-refractivity contribution in [3.63, 3.8) is 0 Å². The molecule has 2 saturated heterocycles. The van der Waals surface area contributed by atoms with E-state index in [0.717, 1.165) is 25.0 Å². The molecule has 6 nitrogen and oxygen atoms in total. The summed E-state index contributed by atoms with van der Waals surface area (Å²) in [4.78, 5) is 14.4. The van der Waals surface area contributed by atoms with Gasteiger partial charge in [-0.05, 0) is 24.5 Å². The number of rotatable bonds is 4. The van der Waals surface area contributed by atoms with Crippen LogP contribution in [0.3, 0.4) is 0 Å². The summed E-state index contributed by atoms with van der Waals surface area (Å²) in [6.07, 6.45) is 7.86. The Labute approximate surface area is 139 Å². The predicted molar refractivity (Wildman–Crippen MR) is 84.9 cm³/mol. The lowest BCUT2D eigenvalue weighted by atomic mass is 10.0. The van der Waals surface area contributed by atoms with Gasteiger partial charge in [-0.1, -0.05) is 6.07 Å². The fourth-order valence-electron chi connectivity index (χ4n) is 3.43. The van der Waals surface area contributed by atoms with Crippen LogP contribution in [0.15, 0.2) is 36.9 Å². The first-order valence-corrected chi connectivity index (χ1v) is 8.17. The maximum atomic E-state index is 13.1. The zero-order chi connectivity index (χ0) is 16.4. The largest absolute Gasteiger partial charge is 0.373 e. The van der Waals surface area contributed by atoms with E-state index in [0.29, 0.717) is 19.1 Å². The number of pyridine rings is 1. The summed E-state index contributed by atoms with van der Waals surface area (Å²) in [7, 11) is 0. The van der Waals surface area contributed by atoms with E-state index in [2.05, 4.69) is 19.9 Å². The number of anilines is 1. The van der Waals surface area contributed by atoms with Crippen molar-refractivity contribution >= 4 is 5.95 Å². The smallest absolute Gasteiger partial charge is 0.225 e. The molecular formula is C17H19FN4O2. The predicted octanol–water partition coefficient (Wildman–Crippen LogP) is 1.96. The van der Waals surface area contributed by atoms with Crippen molar-refractivity contribution < 1.29 is 13.9 Å². The van der Waals surface area contributed by atoms with E-state index >= 15 is 0 Å². The maximum absolute atomic E-state index is 13.1. The number of hydrogen-bond donors (Lipinski definition) is 0. The van der Waals surface area contributed by atoms with Crippen molar-refractivity contribution in [2.75, 3.05) is 18.1 Å². The first-order chi connectivity index (χ1) is 11.8. The van der Waals surface area contributed by atoms with E-state index < -0.39 is 5.82 Å². The highest BCUT2D eigenvalue weighted by molar-refractivity contribution is 5.35. The molecule has 2 aliphatic rings. The van der Waals surface area contributed by atoms with Crippen LogP contribution >= 0.6 is 0 Å². The van der Waals surface area contributed by atoms with Gasteiger partial charge in [0.2, 0.25) is 5.95 Å². The summed E-state index contributed by atoms with van der Waals surface area (Å²) in [6.45, 7) is 1.87. The molecule has 0 saturated carbocycles. The summed E-state index contributed by atoms with van der Waals surface area (Å²) in [5.74, 6) is 0.100. The van der Waals surface area contributed by atoms with Crippen molar-refractivity contribution in [2.45, 2.75) is 37.7 Å². The molecule has 4 rings (SSSR count). The van der Waals surface area contributed by atoms with Crippen molar-refractivity contribution in [1.29, 1.82) is 0 Å². The molecule has 2 aliphatic heterocycles. The van der Waals surface area contributed by atoms with Gasteiger partial charge in [0.15, 0.2) is 5.82 Å². The fourth-order valence-corrected chi connectivity index (χ4v) is 3.43. The molecule has 0 radical (unpaired) electrons. The molecule has 3 atom stereocenters. The van der Waals surface area contributed by atoms with Gasteiger partial charge in [-0.25, -0.2) is 14.4 Å². The fraction of sp³-hybridized carbons (Fsp3) is 0.471. The van der Waals surface area contributed by atoms with Gasteiger partial charge in [-0.3, -0.25) is 4.98 Å². The SMILES string of the molecule is Fc1cnc(N2C[C@@H](OCc3cccnc3)[C@H]3OCCC[C@H]32)nc1. The number of fused-ring (bicyclic) bond motifs is 1. The number of halogens is 1. The van der Waals surface area contributed by atoms with Gasteiger partial charge >= 0.3 is 0 Å². The van der Waals surface area contributed by atoms with Crippen LogP contribution in [0.25, 0.3) is 0 Å². The molecule has 0 aliphatic carbocycles. The van der Waals surface area contributed by atoms with Crippen molar-refractivity contribution in [2.24, 2.45) is 0 Å². The summed E-state index contributed by atoms with van der Waals surface area (Å²) in [5.41, 5.74) is 1.03. The molecule has 2 aromatic rings. The van der Waals surface area contributed by atoms with Crippen LogP contribution in [0.4, 0.5) is 10.3 Å². The third kappa shape index (κ3) is 3.09. The monoisotopic (exact) mass is 330 g/mol. The summed E-state index contributed by atoms with van der Waals surface area (Å²) in [5, 5.41) is 0. The maximum Gasteiger partial charge on any atom is 0.225 e. The summed E-state index contributed by atoms with van der Waals surface area (Å²) < 4.78 is 25.2. The molecule has 4 heterocycles. The quantitative estimate of drug-likeness (QED) is 0.854. The topological polar surface area (TPSA) is 60.4 Å². The third-order valence-electron chi connectivity index (χ3n) is 4.53. The molecule has 0 bridgehead atoms. The second-order valence-electron chi connectivity index (χ2n) is 6.11. The molecule has 126 valence electrons. The number of aromatic nitrogens is 3. The second-order valence-corrected chi connectivity index (χ2v) is 6.11. The van der Waals surface area contributed by atoms with Gasteiger partial charge < -0.3 is 14.4 Å². The molecule has 2 aromatic heterocycles. The Morgan fingerprint density at radius 3 is 2.96 bits per heavy atom. The molecule has 0 aromatic carbocycles. The second kappa shape index (κ2) is 6.78. The minimum absolute atomic E-state index is 0.0101. The molecule has 0 amide bonds. The highest BCUT2D eigenvalue weighted by atomic mass is 19.1. The lowest BCUT2D eigenvalue weighted by Crippen LogP contribution is -2.42. The summed E-state index contributed by atoms with van der Waals surface area (Å²) >= 11 is 0. The van der Waals surface area contributed by atoms with E-state index in [-0.39, 0.29) is 18.2 Å². The van der Waals surface area contributed by atoms with Crippen LogP contribution in [0.2, 0.25) is 0 Å². The average Bonchev–Trinajstić information content (AvgIpc) is 3.00. The lowest BCUT2D eigenvalue weighted by molar-refractivity contribution is -0.0784. The lowest BCUT2D eigenvalue weighted by Gasteiger charge is -2.32. The van der Waals surface area contributed by atoms with E-state index in [1.165, 1.54) is 12.4 Å². The molecule has 0 spiro atoms. The Balaban J connectivity index is 1.49. The van der Waals surface area contributed by atoms with Crippen molar-refractivity contribution in [1.82, 2.24) is 15.0 Å². The Morgan fingerprint density at radius 1 is 1.29 bits per heavy atom. The van der Waals surface area contributed by atoms with Crippen LogP contribution < -0.4 is 4.90 Å². The van der Waals surface area contributed by atoms with E-state index in [1.54, 1.807) is 12.4 Å². The zero-order valence-electron chi connectivity index (χ0n) is 13.2. The highest BCUT2D eigenvalue weighted by Crippen LogP contribution is 2.33. The van der Waals surface area contributed by atoms with Gasteiger partial charge in [0.25, 0.3) is 0 Å². The molecule has 24 heavy (non-hydrogen) atoms. The number of ether oxygens (including phenoxy) is 2. The normalized spacial score (nSPS) is 26.4. The molecule has 7 heteroatoms. The summed E-state index contributed by atoms with van der Waals surface area (Å²) in [6, 6.07) is 4.05. The van der Waals surface area contributed by atoms with Gasteiger partial charge in [0, 0.05) is 19.0 Å².